The van der Waals surface area contributed by atoms with Crippen molar-refractivity contribution < 1.29 is 33.0 Å². The highest BCUT2D eigenvalue weighted by atomic mass is 35.5. The summed E-state index contributed by atoms with van der Waals surface area (Å²) in [7, 11) is 2.94. The number of rotatable bonds is 18. The standard InChI is InChI=1S/C52H51ClN8O8S/c1-28-27-69-31(4)45(28)37-22-39-36(23-43(37)66-6)48-41(25-55-39)59(52(65)60(48)30(3)38-13-8-9-19-54-38)26-35(62)12-10-20-68-21-11-14-42(63)49-29(2)46-47(33-15-17-34(53)18-16-33)56-40(24-44(64)67-7)50-58-57-32(5)61(50)51(46)70-49/h8-9,13,15-19,22-23,25,27,30,40H,10-12,14,20-21,24,26H2,1-7H3/t30-,40+/m1/s1. The van der Waals surface area contributed by atoms with E-state index in [0.717, 1.165) is 44.1 Å². The van der Waals surface area contributed by atoms with Crippen LogP contribution in [-0.2, 0) is 25.6 Å². The highest BCUT2D eigenvalue weighted by molar-refractivity contribution is 7.17. The van der Waals surface area contributed by atoms with Crippen molar-refractivity contribution in [3.8, 4) is 21.9 Å². The fourth-order valence-electron chi connectivity index (χ4n) is 9.29. The molecule has 0 aliphatic carbocycles. The van der Waals surface area contributed by atoms with Crippen LogP contribution in [-0.4, -0.2) is 84.5 Å². The van der Waals surface area contributed by atoms with Crippen LogP contribution >= 0.6 is 22.9 Å². The minimum absolute atomic E-state index is 0.0433. The molecule has 0 radical (unpaired) electrons. The zero-order chi connectivity index (χ0) is 49.4. The van der Waals surface area contributed by atoms with Crippen LogP contribution < -0.4 is 10.4 Å². The van der Waals surface area contributed by atoms with Crippen LogP contribution in [0.3, 0.4) is 0 Å². The van der Waals surface area contributed by atoms with Gasteiger partial charge in [-0.15, -0.1) is 21.5 Å². The van der Waals surface area contributed by atoms with Gasteiger partial charge in [0.15, 0.2) is 17.4 Å². The minimum atomic E-state index is -0.679. The molecule has 1 aliphatic rings. The van der Waals surface area contributed by atoms with E-state index in [1.165, 1.54) is 23.0 Å². The lowest BCUT2D eigenvalue weighted by Crippen LogP contribution is -2.29. The number of esters is 1. The number of hydrogen-bond acceptors (Lipinski definition) is 14. The minimum Gasteiger partial charge on any atom is -0.496 e. The first kappa shape index (κ1) is 48.0. The lowest BCUT2D eigenvalue weighted by molar-refractivity contribution is -0.141. The average Bonchev–Trinajstić information content (AvgIpc) is 4.07. The molecular formula is C52H51ClN8O8S. The van der Waals surface area contributed by atoms with Gasteiger partial charge < -0.3 is 18.6 Å². The van der Waals surface area contributed by atoms with Crippen molar-refractivity contribution >= 4 is 68.1 Å². The number of hydrogen-bond donors (Lipinski definition) is 0. The Morgan fingerprint density at radius 2 is 1.71 bits per heavy atom. The summed E-state index contributed by atoms with van der Waals surface area (Å²) >= 11 is 7.61. The van der Waals surface area contributed by atoms with E-state index in [4.69, 9.17) is 40.2 Å². The van der Waals surface area contributed by atoms with Crippen LogP contribution in [0.5, 0.6) is 5.75 Å². The van der Waals surface area contributed by atoms with Gasteiger partial charge in [-0.2, -0.15) is 0 Å². The van der Waals surface area contributed by atoms with E-state index in [-0.39, 0.29) is 43.1 Å². The van der Waals surface area contributed by atoms with Gasteiger partial charge in [-0.1, -0.05) is 29.8 Å². The van der Waals surface area contributed by atoms with Crippen molar-refractivity contribution in [2.45, 2.75) is 85.4 Å². The van der Waals surface area contributed by atoms with Crippen LogP contribution in [0.4, 0.5) is 0 Å². The Balaban J connectivity index is 0.880. The number of fused-ring (bicyclic) bond motifs is 6. The van der Waals surface area contributed by atoms with E-state index in [2.05, 4.69) is 15.2 Å². The molecule has 0 unspecified atom stereocenters. The Kier molecular flexibility index (Phi) is 13.8. The van der Waals surface area contributed by atoms with Crippen molar-refractivity contribution in [3.05, 3.63) is 139 Å². The maximum absolute atomic E-state index is 14.5. The summed E-state index contributed by atoms with van der Waals surface area (Å²) in [4.78, 5) is 69.6. The molecule has 0 amide bonds. The Hall–Kier alpha value is -7.08. The van der Waals surface area contributed by atoms with Crippen LogP contribution in [0.1, 0.15) is 106 Å². The number of carbonyl (C=O) groups is 3. The third kappa shape index (κ3) is 9.00. The molecule has 70 heavy (non-hydrogen) atoms. The lowest BCUT2D eigenvalue weighted by atomic mass is 9.98. The predicted octanol–water partition coefficient (Wildman–Crippen LogP) is 9.64. The molecule has 9 rings (SSSR count). The number of aryl methyl sites for hydroxylation is 3. The van der Waals surface area contributed by atoms with Crippen molar-refractivity contribution in [3.63, 3.8) is 0 Å². The molecule has 0 fully saturated rings. The number of ether oxygens (including phenoxy) is 3. The summed E-state index contributed by atoms with van der Waals surface area (Å²) in [5.74, 6) is 1.79. The molecule has 360 valence electrons. The Bertz CT molecular complexity index is 3380. The number of Topliss-reactive ketones (excluding diaryl/α,β-unsaturated/α-hetero) is 2. The van der Waals surface area contributed by atoms with Gasteiger partial charge >= 0.3 is 11.7 Å². The first-order valence-corrected chi connectivity index (χ1v) is 24.2. The van der Waals surface area contributed by atoms with E-state index in [9.17, 15) is 19.2 Å². The number of carbonyl (C=O) groups excluding carboxylic acids is 3. The summed E-state index contributed by atoms with van der Waals surface area (Å²) in [5, 5.41) is 10.7. The second-order valence-corrected chi connectivity index (χ2v) is 18.8. The molecule has 8 aromatic rings. The number of pyridine rings is 2. The number of halogens is 1. The molecule has 18 heteroatoms. The largest absolute Gasteiger partial charge is 0.496 e. The van der Waals surface area contributed by atoms with Gasteiger partial charge in [0.25, 0.3) is 0 Å². The maximum Gasteiger partial charge on any atom is 0.330 e. The van der Waals surface area contributed by atoms with Crippen LogP contribution in [0.15, 0.2) is 87.5 Å². The molecule has 6 aromatic heterocycles. The monoisotopic (exact) mass is 982 g/mol. The Morgan fingerprint density at radius 1 is 0.943 bits per heavy atom. The van der Waals surface area contributed by atoms with E-state index in [1.54, 1.807) is 42.5 Å². The predicted molar refractivity (Wildman–Crippen MR) is 267 cm³/mol. The summed E-state index contributed by atoms with van der Waals surface area (Å²) in [6.07, 6.45) is 6.31. The van der Waals surface area contributed by atoms with Gasteiger partial charge in [-0.3, -0.25) is 43.0 Å². The van der Waals surface area contributed by atoms with E-state index in [0.29, 0.717) is 86.7 Å². The molecule has 0 saturated heterocycles. The first-order chi connectivity index (χ1) is 33.8. The number of imidazole rings is 1. The maximum atomic E-state index is 14.5. The number of aliphatic imine (C=N–C) groups is 1. The highest BCUT2D eigenvalue weighted by Gasteiger charge is 2.34. The van der Waals surface area contributed by atoms with E-state index >= 15 is 0 Å². The normalized spacial score (nSPS) is 13.8. The molecule has 0 bridgehead atoms. The molecule has 0 saturated carbocycles. The summed E-state index contributed by atoms with van der Waals surface area (Å²) in [5.41, 5.74) is 7.74. The first-order valence-electron chi connectivity index (χ1n) is 23.0. The van der Waals surface area contributed by atoms with Crippen molar-refractivity contribution in [2.24, 2.45) is 4.99 Å². The number of nitrogens with zero attached hydrogens (tertiary/aromatic N) is 8. The fourth-order valence-corrected chi connectivity index (χ4v) is 10.7. The van der Waals surface area contributed by atoms with Crippen LogP contribution in [0.25, 0.3) is 38.1 Å². The molecular weight excluding hydrogens is 932 g/mol. The second-order valence-electron chi connectivity index (χ2n) is 17.3. The van der Waals surface area contributed by atoms with Gasteiger partial charge in [-0.25, -0.2) is 4.79 Å². The van der Waals surface area contributed by atoms with Crippen LogP contribution in [0, 0.1) is 27.7 Å². The number of thiophene rings is 1. The number of aromatic nitrogens is 7. The molecule has 1 aliphatic heterocycles. The number of methoxy groups -OCH3 is 2. The third-order valence-corrected chi connectivity index (χ3v) is 14.3. The van der Waals surface area contributed by atoms with Gasteiger partial charge in [0, 0.05) is 64.9 Å². The Labute approximate surface area is 411 Å². The molecule has 16 nitrogen and oxygen atoms in total. The number of benzene rings is 2. The zero-order valence-corrected chi connectivity index (χ0v) is 41.4. The topological polar surface area (TPSA) is 188 Å². The zero-order valence-electron chi connectivity index (χ0n) is 39.9. The van der Waals surface area contributed by atoms with Crippen molar-refractivity contribution in [1.82, 2.24) is 33.9 Å². The number of furan rings is 1. The molecule has 7 heterocycles. The summed E-state index contributed by atoms with van der Waals surface area (Å²) in [6, 6.07) is 15.6. The van der Waals surface area contributed by atoms with Gasteiger partial charge in [0.1, 0.15) is 28.4 Å². The molecule has 0 spiro atoms. The third-order valence-electron chi connectivity index (χ3n) is 12.8. The van der Waals surface area contributed by atoms with Gasteiger partial charge in [0.05, 0.1) is 78.5 Å². The van der Waals surface area contributed by atoms with E-state index < -0.39 is 18.1 Å². The summed E-state index contributed by atoms with van der Waals surface area (Å²) in [6.45, 7) is 9.98. The quantitative estimate of drug-likeness (QED) is 0.0451. The van der Waals surface area contributed by atoms with Crippen molar-refractivity contribution in [2.75, 3.05) is 27.4 Å². The van der Waals surface area contributed by atoms with Gasteiger partial charge in [0.2, 0.25) is 0 Å². The highest BCUT2D eigenvalue weighted by Crippen LogP contribution is 2.42. The smallest absolute Gasteiger partial charge is 0.330 e. The SMILES string of the molecule is COC(=O)C[C@@H]1N=C(c2ccc(Cl)cc2)c2c(sc(C(=O)CCCOCCCC(=O)Cn3c(=O)n([C@H](C)c4ccccn4)c4c5cc(OC)c(-c6c(C)coc6C)cc5ncc43)c2C)-n2c(C)nnc21. The summed E-state index contributed by atoms with van der Waals surface area (Å²) < 4.78 is 27.6. The van der Waals surface area contributed by atoms with Crippen LogP contribution in [0.2, 0.25) is 5.02 Å². The number of ketones is 2. The average molecular weight is 984 g/mol. The lowest BCUT2D eigenvalue weighted by Gasteiger charge is -2.15. The van der Waals surface area contributed by atoms with E-state index in [1.807, 2.05) is 81.7 Å². The van der Waals surface area contributed by atoms with Gasteiger partial charge in [-0.05, 0) is 95.0 Å². The molecule has 2 atom stereocenters. The van der Waals surface area contributed by atoms with Crippen molar-refractivity contribution in [1.29, 1.82) is 0 Å². The molecule has 2 aromatic carbocycles. The fraction of sp³-hybridized carbons (Fsp3) is 0.327. The second kappa shape index (κ2) is 20.1. The Morgan fingerprint density at radius 3 is 2.41 bits per heavy atom. The molecule has 0 N–H and O–H groups in total.